The number of rotatable bonds is 7. The van der Waals surface area contributed by atoms with E-state index in [1.54, 1.807) is 0 Å². The van der Waals surface area contributed by atoms with Crippen molar-refractivity contribution in [3.05, 3.63) is 125 Å². The number of imidazole rings is 1. The smallest absolute Gasteiger partial charge is 0.158 e. The second-order valence-corrected chi connectivity index (χ2v) is 9.22. The van der Waals surface area contributed by atoms with E-state index in [0.29, 0.717) is 5.69 Å². The van der Waals surface area contributed by atoms with Crippen LogP contribution >= 0.6 is 0 Å². The zero-order chi connectivity index (χ0) is 25.5. The van der Waals surface area contributed by atoms with Gasteiger partial charge in [0.25, 0.3) is 0 Å². The highest BCUT2D eigenvalue weighted by Crippen LogP contribution is 2.42. The van der Waals surface area contributed by atoms with E-state index in [-0.39, 0.29) is 12.9 Å². The molecular weight excluding hydrogens is 460 g/mol. The first-order valence-corrected chi connectivity index (χ1v) is 12.8. The van der Waals surface area contributed by atoms with E-state index in [1.165, 1.54) is 0 Å². The minimum atomic E-state index is -1.03. The number of hydrogen-bond acceptors (Lipinski definition) is 4. The molecule has 4 aromatic rings. The Morgan fingerprint density at radius 3 is 2.03 bits per heavy atom. The van der Waals surface area contributed by atoms with Gasteiger partial charge in [-0.15, -0.1) is 0 Å². The lowest BCUT2D eigenvalue weighted by molar-refractivity contribution is -0.154. The van der Waals surface area contributed by atoms with Gasteiger partial charge >= 0.3 is 0 Å². The molecule has 5 nitrogen and oxygen atoms in total. The molecule has 188 valence electrons. The first kappa shape index (κ1) is 25.0. The van der Waals surface area contributed by atoms with Crippen molar-refractivity contribution in [1.82, 2.24) is 9.55 Å². The number of ether oxygens (including phenoxy) is 2. The highest BCUT2D eigenvalue weighted by molar-refractivity contribution is 5.51. The molecule has 1 N–H and O–H groups in total. The summed E-state index contributed by atoms with van der Waals surface area (Å²) in [6, 6.07) is 31.2. The predicted molar refractivity (Wildman–Crippen MR) is 144 cm³/mol. The summed E-state index contributed by atoms with van der Waals surface area (Å²) in [5.74, 6) is 5.86. The van der Waals surface area contributed by atoms with Crippen molar-refractivity contribution in [2.24, 2.45) is 0 Å². The van der Waals surface area contributed by atoms with Crippen LogP contribution in [0.4, 0.5) is 0 Å². The third-order valence-corrected chi connectivity index (χ3v) is 6.96. The van der Waals surface area contributed by atoms with Crippen LogP contribution in [0, 0.1) is 18.8 Å². The van der Waals surface area contributed by atoms with E-state index in [4.69, 9.17) is 9.47 Å². The maximum atomic E-state index is 11.0. The number of hydrogen-bond donors (Lipinski definition) is 1. The van der Waals surface area contributed by atoms with Crippen LogP contribution in [0.1, 0.15) is 53.4 Å². The van der Waals surface area contributed by atoms with E-state index < -0.39 is 11.6 Å². The second kappa shape index (κ2) is 11.6. The van der Waals surface area contributed by atoms with Gasteiger partial charge in [-0.05, 0) is 42.9 Å². The molecule has 37 heavy (non-hydrogen) atoms. The molecule has 5 heteroatoms. The minimum absolute atomic E-state index is 0.204. The fourth-order valence-electron chi connectivity index (χ4n) is 5.17. The molecule has 0 saturated carbocycles. The van der Waals surface area contributed by atoms with E-state index in [2.05, 4.69) is 94.2 Å². The average molecular weight is 493 g/mol. The minimum Gasteiger partial charge on any atom is -0.374 e. The summed E-state index contributed by atoms with van der Waals surface area (Å²) in [5.41, 5.74) is 3.99. The molecule has 0 spiro atoms. The van der Waals surface area contributed by atoms with Gasteiger partial charge in [-0.25, -0.2) is 4.98 Å². The molecule has 0 aliphatic carbocycles. The van der Waals surface area contributed by atoms with Crippen molar-refractivity contribution in [2.75, 3.05) is 13.2 Å². The molecular formula is C32H32N2O3. The predicted octanol–water partition coefficient (Wildman–Crippen LogP) is 5.61. The van der Waals surface area contributed by atoms with E-state index in [9.17, 15) is 5.11 Å². The summed E-state index contributed by atoms with van der Waals surface area (Å²) in [7, 11) is 0. The summed E-state index contributed by atoms with van der Waals surface area (Å²) >= 11 is 0. The Bertz CT molecular complexity index is 1240. The lowest BCUT2D eigenvalue weighted by Gasteiger charge is -2.38. The number of aliphatic hydroxyl groups is 1. The number of aliphatic hydroxyl groups excluding tert-OH is 1. The standard InChI is InChI=1S/C32H32N2O3/c1-25-31(29(35)20-13-23-37-30-21-11-12-22-36-30)33-24-34(25)32(26-14-5-2-6-15-26,27-16-7-3-8-17-27)28-18-9-4-10-19-28/h2-10,14-19,24,29-30,35H,11-12,21-23H2,1H3. The van der Waals surface area contributed by atoms with Gasteiger partial charge < -0.3 is 19.1 Å². The largest absolute Gasteiger partial charge is 0.374 e. The molecule has 2 heterocycles. The molecule has 0 radical (unpaired) electrons. The van der Waals surface area contributed by atoms with Crippen LogP contribution in [-0.2, 0) is 15.0 Å². The number of aromatic nitrogens is 2. The summed E-state index contributed by atoms with van der Waals surface area (Å²) < 4.78 is 13.4. The number of nitrogens with zero attached hydrogens (tertiary/aromatic N) is 2. The van der Waals surface area contributed by atoms with Gasteiger partial charge in [-0.2, -0.15) is 0 Å². The quantitative estimate of drug-likeness (QED) is 0.269. The summed E-state index contributed by atoms with van der Waals surface area (Å²) in [4.78, 5) is 4.67. The molecule has 2 atom stereocenters. The fraction of sp³-hybridized carbons (Fsp3) is 0.281. The van der Waals surface area contributed by atoms with Crippen LogP contribution in [0.5, 0.6) is 0 Å². The lowest BCUT2D eigenvalue weighted by Crippen LogP contribution is -2.38. The highest BCUT2D eigenvalue weighted by Gasteiger charge is 2.40. The van der Waals surface area contributed by atoms with Crippen LogP contribution < -0.4 is 0 Å². The molecule has 0 amide bonds. The van der Waals surface area contributed by atoms with Gasteiger partial charge in [0.2, 0.25) is 0 Å². The monoisotopic (exact) mass is 492 g/mol. The fourth-order valence-corrected chi connectivity index (χ4v) is 5.17. The molecule has 2 unspecified atom stereocenters. The Kier molecular flexibility index (Phi) is 7.82. The Morgan fingerprint density at radius 2 is 1.51 bits per heavy atom. The zero-order valence-corrected chi connectivity index (χ0v) is 21.1. The Balaban J connectivity index is 1.55. The SMILES string of the molecule is Cc1c(C(O)C#CCOC2CCCCO2)ncn1C(c1ccccc1)(c1ccccc1)c1ccccc1. The van der Waals surface area contributed by atoms with Crippen LogP contribution in [0.15, 0.2) is 97.3 Å². The van der Waals surface area contributed by atoms with Gasteiger partial charge in [-0.3, -0.25) is 0 Å². The van der Waals surface area contributed by atoms with Crippen molar-refractivity contribution in [1.29, 1.82) is 0 Å². The Hall–Kier alpha value is -3.69. The third-order valence-electron chi connectivity index (χ3n) is 6.96. The molecule has 1 aliphatic heterocycles. The van der Waals surface area contributed by atoms with Crippen molar-refractivity contribution >= 4 is 0 Å². The van der Waals surface area contributed by atoms with Gasteiger partial charge in [0, 0.05) is 12.3 Å². The van der Waals surface area contributed by atoms with Crippen LogP contribution in [0.25, 0.3) is 0 Å². The first-order chi connectivity index (χ1) is 18.2. The molecule has 1 saturated heterocycles. The maximum absolute atomic E-state index is 11.0. The van der Waals surface area contributed by atoms with Gasteiger partial charge in [0.1, 0.15) is 17.8 Å². The number of benzene rings is 3. The molecule has 1 aromatic heterocycles. The summed E-state index contributed by atoms with van der Waals surface area (Å²) in [6.45, 7) is 2.93. The maximum Gasteiger partial charge on any atom is 0.158 e. The molecule has 5 rings (SSSR count). The average Bonchev–Trinajstić information content (AvgIpc) is 3.35. The summed E-state index contributed by atoms with van der Waals surface area (Å²) in [5, 5.41) is 11.0. The van der Waals surface area contributed by atoms with Crippen LogP contribution in [0.3, 0.4) is 0 Å². The Morgan fingerprint density at radius 1 is 0.946 bits per heavy atom. The van der Waals surface area contributed by atoms with Gasteiger partial charge in [0.15, 0.2) is 12.4 Å². The van der Waals surface area contributed by atoms with Crippen molar-refractivity contribution in [3.8, 4) is 11.8 Å². The molecule has 1 fully saturated rings. The normalized spacial score (nSPS) is 16.5. The van der Waals surface area contributed by atoms with Crippen LogP contribution in [-0.4, -0.2) is 34.2 Å². The zero-order valence-electron chi connectivity index (χ0n) is 21.1. The van der Waals surface area contributed by atoms with E-state index in [1.807, 2.05) is 31.5 Å². The molecule has 3 aromatic carbocycles. The van der Waals surface area contributed by atoms with E-state index >= 15 is 0 Å². The van der Waals surface area contributed by atoms with Crippen LogP contribution in [0.2, 0.25) is 0 Å². The Labute approximate surface area is 218 Å². The molecule has 0 bridgehead atoms. The topological polar surface area (TPSA) is 56.5 Å². The van der Waals surface area contributed by atoms with Crippen molar-refractivity contribution < 1.29 is 14.6 Å². The lowest BCUT2D eigenvalue weighted by atomic mass is 9.76. The molecule has 1 aliphatic rings. The van der Waals surface area contributed by atoms with Gasteiger partial charge in [-0.1, -0.05) is 103 Å². The second-order valence-electron chi connectivity index (χ2n) is 9.22. The van der Waals surface area contributed by atoms with Crippen molar-refractivity contribution in [2.45, 2.75) is 44.1 Å². The van der Waals surface area contributed by atoms with Gasteiger partial charge in [0.05, 0.1) is 6.33 Å². The van der Waals surface area contributed by atoms with E-state index in [0.717, 1.165) is 48.3 Å². The first-order valence-electron chi connectivity index (χ1n) is 12.8. The third kappa shape index (κ3) is 5.10. The van der Waals surface area contributed by atoms with Crippen molar-refractivity contribution in [3.63, 3.8) is 0 Å². The highest BCUT2D eigenvalue weighted by atomic mass is 16.7. The summed E-state index contributed by atoms with van der Waals surface area (Å²) in [6.07, 6.45) is 3.64.